The molecule has 0 radical (unpaired) electrons. The van der Waals surface area contributed by atoms with E-state index >= 15 is 0 Å². The molecule has 3 heterocycles. The van der Waals surface area contributed by atoms with Crippen LogP contribution in [-0.4, -0.2) is 71.3 Å². The summed E-state index contributed by atoms with van der Waals surface area (Å²) in [6, 6.07) is 10.8. The maximum absolute atomic E-state index is 13.3. The van der Waals surface area contributed by atoms with E-state index in [1.165, 1.54) is 17.4 Å². The first-order chi connectivity index (χ1) is 19.7. The van der Waals surface area contributed by atoms with Gasteiger partial charge < -0.3 is 24.0 Å². The molecule has 2 aliphatic rings. The Morgan fingerprint density at radius 1 is 0.976 bits per heavy atom. The highest BCUT2D eigenvalue weighted by Gasteiger charge is 2.31. The predicted molar refractivity (Wildman–Crippen MR) is 144 cm³/mol. The van der Waals surface area contributed by atoms with Crippen molar-refractivity contribution in [2.24, 2.45) is 0 Å². The molecule has 0 saturated carbocycles. The molecule has 0 N–H and O–H groups in total. The van der Waals surface area contributed by atoms with Gasteiger partial charge in [0.15, 0.2) is 11.5 Å². The quantitative estimate of drug-likeness (QED) is 0.365. The largest absolute Gasteiger partial charge is 0.454 e. The summed E-state index contributed by atoms with van der Waals surface area (Å²) in [6.07, 6.45) is -4.83. The van der Waals surface area contributed by atoms with Crippen LogP contribution in [0.5, 0.6) is 11.5 Å². The van der Waals surface area contributed by atoms with Gasteiger partial charge in [-0.1, -0.05) is 24.3 Å². The number of hydrogen-bond acceptors (Lipinski definition) is 8. The Hall–Kier alpha value is -3.84. The van der Waals surface area contributed by atoms with Crippen LogP contribution in [0.3, 0.4) is 0 Å². The molecule has 2 aromatic carbocycles. The molecule has 1 aromatic heterocycles. The van der Waals surface area contributed by atoms with Gasteiger partial charge in [-0.3, -0.25) is 9.69 Å². The van der Waals surface area contributed by atoms with E-state index in [-0.39, 0.29) is 25.3 Å². The second-order valence-electron chi connectivity index (χ2n) is 9.64. The van der Waals surface area contributed by atoms with Gasteiger partial charge in [0.25, 0.3) is 5.91 Å². The molecule has 0 bridgehead atoms. The highest BCUT2D eigenvalue weighted by molar-refractivity contribution is 7.09. The number of alkyl halides is 3. The maximum Gasteiger partial charge on any atom is 0.416 e. The van der Waals surface area contributed by atoms with E-state index in [2.05, 4.69) is 4.98 Å². The molecule has 41 heavy (non-hydrogen) atoms. The lowest BCUT2D eigenvalue weighted by Crippen LogP contribution is -2.50. The van der Waals surface area contributed by atoms with E-state index in [0.29, 0.717) is 73.6 Å². The van der Waals surface area contributed by atoms with Gasteiger partial charge in [0.2, 0.25) is 6.79 Å². The van der Waals surface area contributed by atoms with Crippen molar-refractivity contribution < 1.29 is 37.0 Å². The Morgan fingerprint density at radius 2 is 1.68 bits per heavy atom. The molecule has 1 fully saturated rings. The average molecular weight is 591 g/mol. The summed E-state index contributed by atoms with van der Waals surface area (Å²) in [6.45, 7) is 4.63. The molecule has 0 spiro atoms. The zero-order valence-corrected chi connectivity index (χ0v) is 23.2. The summed E-state index contributed by atoms with van der Waals surface area (Å²) < 4.78 is 55.9. The minimum absolute atomic E-state index is 0.139. The number of piperazine rings is 1. The van der Waals surface area contributed by atoms with Crippen LogP contribution >= 0.6 is 11.3 Å². The second-order valence-corrected chi connectivity index (χ2v) is 10.6. The number of thiazole rings is 1. The number of rotatable bonds is 8. The number of fused-ring (bicyclic) bond motifs is 1. The smallest absolute Gasteiger partial charge is 0.416 e. The zero-order valence-electron chi connectivity index (χ0n) is 22.4. The number of ether oxygens (including phenoxy) is 3. The second kappa shape index (κ2) is 12.4. The van der Waals surface area contributed by atoms with Crippen LogP contribution in [0.2, 0.25) is 0 Å². The molecular weight excluding hydrogens is 561 g/mol. The zero-order chi connectivity index (χ0) is 29.0. The van der Waals surface area contributed by atoms with Crippen LogP contribution < -0.4 is 9.47 Å². The number of halogens is 3. The van der Waals surface area contributed by atoms with Gasteiger partial charge in [0.05, 0.1) is 18.7 Å². The average Bonchev–Trinajstić information content (AvgIpc) is 3.62. The van der Waals surface area contributed by atoms with Gasteiger partial charge in [-0.2, -0.15) is 13.2 Å². The highest BCUT2D eigenvalue weighted by Crippen LogP contribution is 2.34. The van der Waals surface area contributed by atoms with Crippen LogP contribution in [0.25, 0.3) is 0 Å². The number of hydrogen-bond donors (Lipinski definition) is 0. The standard InChI is InChI=1S/C28H29F3N4O5S/c1-2-38-27(37)35-10-8-34(9-11-35)26(36)22-17-41-25(32-22)16-33(14-19-4-3-5-21(12-19)28(29,30)31)15-20-6-7-23-24(13-20)40-18-39-23/h3-7,12-13,17H,2,8-11,14-16,18H2,1H3. The lowest BCUT2D eigenvalue weighted by molar-refractivity contribution is -0.137. The number of benzene rings is 2. The Bertz CT molecular complexity index is 1390. The highest BCUT2D eigenvalue weighted by atomic mass is 32.1. The topological polar surface area (TPSA) is 84.4 Å². The van der Waals surface area contributed by atoms with E-state index < -0.39 is 11.7 Å². The number of carbonyl (C=O) groups excluding carboxylic acids is 2. The first kappa shape index (κ1) is 28.7. The van der Waals surface area contributed by atoms with Gasteiger partial charge in [0, 0.05) is 44.6 Å². The van der Waals surface area contributed by atoms with Gasteiger partial charge in [0.1, 0.15) is 10.7 Å². The van der Waals surface area contributed by atoms with Crippen molar-refractivity contribution in [1.29, 1.82) is 0 Å². The third kappa shape index (κ3) is 7.09. The summed E-state index contributed by atoms with van der Waals surface area (Å²) in [5, 5.41) is 2.35. The normalized spacial score (nSPS) is 15.0. The fourth-order valence-corrected chi connectivity index (χ4v) is 5.52. The molecule has 13 heteroatoms. The van der Waals surface area contributed by atoms with Crippen molar-refractivity contribution in [2.45, 2.75) is 32.7 Å². The number of amides is 2. The predicted octanol–water partition coefficient (Wildman–Crippen LogP) is 5.01. The van der Waals surface area contributed by atoms with Crippen LogP contribution in [0.4, 0.5) is 18.0 Å². The molecule has 5 rings (SSSR count). The van der Waals surface area contributed by atoms with E-state index in [9.17, 15) is 22.8 Å². The van der Waals surface area contributed by atoms with Crippen LogP contribution in [-0.2, 0) is 30.5 Å². The first-order valence-corrected chi connectivity index (χ1v) is 14.0. The lowest BCUT2D eigenvalue weighted by Gasteiger charge is -2.33. The lowest BCUT2D eigenvalue weighted by atomic mass is 10.1. The van der Waals surface area contributed by atoms with Crippen molar-refractivity contribution in [3.05, 3.63) is 75.2 Å². The van der Waals surface area contributed by atoms with Crippen molar-refractivity contribution in [2.75, 3.05) is 39.6 Å². The Labute approximate surface area is 239 Å². The van der Waals surface area contributed by atoms with Gasteiger partial charge in [-0.25, -0.2) is 9.78 Å². The molecule has 1 saturated heterocycles. The van der Waals surface area contributed by atoms with Crippen molar-refractivity contribution in [3.8, 4) is 11.5 Å². The molecule has 0 aliphatic carbocycles. The van der Waals surface area contributed by atoms with Crippen molar-refractivity contribution in [1.82, 2.24) is 19.7 Å². The molecule has 3 aromatic rings. The Balaban J connectivity index is 1.29. The SMILES string of the molecule is CCOC(=O)N1CCN(C(=O)c2csc(CN(Cc3cccc(C(F)(F)F)c3)Cc3ccc4c(c3)OCO4)n2)CC1. The van der Waals surface area contributed by atoms with Gasteiger partial charge in [-0.05, 0) is 36.2 Å². The maximum atomic E-state index is 13.3. The summed E-state index contributed by atoms with van der Waals surface area (Å²) in [5.74, 6) is 1.03. The third-order valence-corrected chi connectivity index (χ3v) is 7.56. The summed E-state index contributed by atoms with van der Waals surface area (Å²) in [7, 11) is 0. The Morgan fingerprint density at radius 3 is 2.41 bits per heavy atom. The van der Waals surface area contributed by atoms with E-state index in [4.69, 9.17) is 14.2 Å². The van der Waals surface area contributed by atoms with E-state index in [0.717, 1.165) is 17.7 Å². The molecular formula is C28H29F3N4O5S. The number of carbonyl (C=O) groups is 2. The molecule has 2 amide bonds. The van der Waals surface area contributed by atoms with Crippen molar-refractivity contribution in [3.63, 3.8) is 0 Å². The van der Waals surface area contributed by atoms with E-state index in [1.54, 1.807) is 28.2 Å². The number of aromatic nitrogens is 1. The molecule has 2 aliphatic heterocycles. The minimum atomic E-state index is -4.44. The molecule has 9 nitrogen and oxygen atoms in total. The van der Waals surface area contributed by atoms with Crippen LogP contribution in [0.1, 0.15) is 39.1 Å². The fraction of sp³-hybridized carbons (Fsp3) is 0.393. The van der Waals surface area contributed by atoms with Gasteiger partial charge in [-0.15, -0.1) is 11.3 Å². The molecule has 0 unspecified atom stereocenters. The summed E-state index contributed by atoms with van der Waals surface area (Å²) in [5.41, 5.74) is 1.00. The monoisotopic (exact) mass is 590 g/mol. The minimum Gasteiger partial charge on any atom is -0.454 e. The number of nitrogens with zero attached hydrogens (tertiary/aromatic N) is 4. The van der Waals surface area contributed by atoms with Crippen LogP contribution in [0, 0.1) is 0 Å². The van der Waals surface area contributed by atoms with Crippen molar-refractivity contribution >= 4 is 23.3 Å². The summed E-state index contributed by atoms with van der Waals surface area (Å²) >= 11 is 1.32. The fourth-order valence-electron chi connectivity index (χ4n) is 4.71. The van der Waals surface area contributed by atoms with E-state index in [1.807, 2.05) is 23.1 Å². The van der Waals surface area contributed by atoms with Crippen LogP contribution in [0.15, 0.2) is 47.8 Å². The summed E-state index contributed by atoms with van der Waals surface area (Å²) in [4.78, 5) is 34.8. The third-order valence-electron chi connectivity index (χ3n) is 6.73. The Kier molecular flexibility index (Phi) is 8.64. The van der Waals surface area contributed by atoms with Gasteiger partial charge >= 0.3 is 12.3 Å². The first-order valence-electron chi connectivity index (χ1n) is 13.1. The molecule has 218 valence electrons. The molecule has 0 atom stereocenters.